The molecule has 226 valence electrons. The van der Waals surface area contributed by atoms with Crippen LogP contribution in [0.5, 0.6) is 5.75 Å². The van der Waals surface area contributed by atoms with Crippen LogP contribution in [0.2, 0.25) is 5.02 Å². The van der Waals surface area contributed by atoms with Crippen LogP contribution in [-0.4, -0.2) is 39.7 Å². The van der Waals surface area contributed by atoms with Gasteiger partial charge in [0.05, 0.1) is 23.0 Å². The fraction of sp³-hybridized carbons (Fsp3) is 0.156. The maximum absolute atomic E-state index is 14.4. The van der Waals surface area contributed by atoms with Gasteiger partial charge in [0, 0.05) is 23.1 Å². The quantitative estimate of drug-likeness (QED) is 0.163. The Kier molecular flexibility index (Phi) is 8.59. The number of aliphatic carboxylic acids is 1. The fourth-order valence-electron chi connectivity index (χ4n) is 4.76. The van der Waals surface area contributed by atoms with Crippen molar-refractivity contribution in [2.75, 3.05) is 6.54 Å². The molecular weight excluding hydrogens is 602 g/mol. The Hall–Kier alpha value is -4.90. The molecule has 2 N–H and O–H groups in total. The number of alkyl halides is 3. The molecule has 0 radical (unpaired) electrons. The number of halogens is 5. The smallest absolute Gasteiger partial charge is 0.481 e. The standard InChI is InChI=1S/C32H24ClF4N3O4/c1-18(19-2-4-21(5-3-19)31(43)38-15-14-29(41)42)40-28-17-22(20-6-10-24(11-7-20)44-32(35,36)37)8-12-25(28)30(39-40)23-9-13-26(33)27(34)16-23/h2-13,16-18H,14-15H2,1H3,(H,38,43)(H,41,42). The molecule has 1 heterocycles. The summed E-state index contributed by atoms with van der Waals surface area (Å²) in [4.78, 5) is 23.1. The van der Waals surface area contributed by atoms with E-state index in [1.165, 1.54) is 36.4 Å². The number of hydrogen-bond acceptors (Lipinski definition) is 4. The molecule has 0 aliphatic rings. The molecule has 0 spiro atoms. The maximum atomic E-state index is 14.4. The number of aromatic nitrogens is 2. The van der Waals surface area contributed by atoms with Gasteiger partial charge in [0.2, 0.25) is 0 Å². The highest BCUT2D eigenvalue weighted by molar-refractivity contribution is 6.30. The summed E-state index contributed by atoms with van der Waals surface area (Å²) in [7, 11) is 0. The summed E-state index contributed by atoms with van der Waals surface area (Å²) in [5.41, 5.74) is 4.16. The zero-order valence-electron chi connectivity index (χ0n) is 23.0. The summed E-state index contributed by atoms with van der Waals surface area (Å²) in [5, 5.41) is 16.9. The first kappa shape index (κ1) is 30.6. The number of carbonyl (C=O) groups excluding carboxylic acids is 1. The lowest BCUT2D eigenvalue weighted by molar-refractivity contribution is -0.274. The van der Waals surface area contributed by atoms with E-state index in [-0.39, 0.29) is 29.8 Å². The van der Waals surface area contributed by atoms with Crippen molar-refractivity contribution in [3.63, 3.8) is 0 Å². The predicted octanol–water partition coefficient (Wildman–Crippen LogP) is 7.88. The van der Waals surface area contributed by atoms with E-state index in [9.17, 15) is 27.2 Å². The Labute approximate surface area is 253 Å². The molecule has 1 unspecified atom stereocenters. The van der Waals surface area contributed by atoms with Crippen LogP contribution in [0.3, 0.4) is 0 Å². The van der Waals surface area contributed by atoms with Crippen LogP contribution in [0.15, 0.2) is 84.9 Å². The van der Waals surface area contributed by atoms with Crippen molar-refractivity contribution >= 4 is 34.4 Å². The molecule has 5 aromatic rings. The molecule has 0 bridgehead atoms. The van der Waals surface area contributed by atoms with Crippen molar-refractivity contribution in [2.45, 2.75) is 25.7 Å². The number of ether oxygens (including phenoxy) is 1. The van der Waals surface area contributed by atoms with Gasteiger partial charge in [0.25, 0.3) is 5.91 Å². The second-order valence-corrected chi connectivity index (χ2v) is 10.3. The summed E-state index contributed by atoms with van der Waals surface area (Å²) in [5.74, 6) is -2.36. The number of rotatable bonds is 9. The van der Waals surface area contributed by atoms with Gasteiger partial charge in [-0.15, -0.1) is 13.2 Å². The number of amides is 1. The number of carbonyl (C=O) groups is 2. The van der Waals surface area contributed by atoms with Crippen molar-refractivity contribution in [1.82, 2.24) is 15.1 Å². The maximum Gasteiger partial charge on any atom is 0.573 e. The number of fused-ring (bicyclic) bond motifs is 1. The van der Waals surface area contributed by atoms with Crippen LogP contribution < -0.4 is 10.1 Å². The zero-order valence-corrected chi connectivity index (χ0v) is 23.8. The SMILES string of the molecule is CC(c1ccc(C(=O)NCCC(=O)O)cc1)n1nc(-c2ccc(Cl)c(F)c2)c2ccc(-c3ccc(OC(F)(F)F)cc3)cc21. The Bertz CT molecular complexity index is 1840. The molecule has 44 heavy (non-hydrogen) atoms. The number of carboxylic acids is 1. The van der Waals surface area contributed by atoms with Gasteiger partial charge in [0.15, 0.2) is 0 Å². The van der Waals surface area contributed by atoms with E-state index in [0.717, 1.165) is 5.56 Å². The minimum Gasteiger partial charge on any atom is -0.481 e. The summed E-state index contributed by atoms with van der Waals surface area (Å²) in [6, 6.07) is 21.7. The molecule has 5 rings (SSSR count). The molecule has 0 saturated heterocycles. The first-order valence-electron chi connectivity index (χ1n) is 13.3. The topological polar surface area (TPSA) is 93.5 Å². The lowest BCUT2D eigenvalue weighted by Gasteiger charge is -2.15. The van der Waals surface area contributed by atoms with E-state index in [2.05, 4.69) is 10.1 Å². The normalized spacial score (nSPS) is 12.2. The van der Waals surface area contributed by atoms with Crippen molar-refractivity contribution in [2.24, 2.45) is 0 Å². The van der Waals surface area contributed by atoms with Gasteiger partial charge in [0.1, 0.15) is 17.3 Å². The molecule has 7 nitrogen and oxygen atoms in total. The molecule has 0 fully saturated rings. The largest absolute Gasteiger partial charge is 0.573 e. The van der Waals surface area contributed by atoms with Gasteiger partial charge < -0.3 is 15.2 Å². The molecule has 1 aromatic heterocycles. The highest BCUT2D eigenvalue weighted by Crippen LogP contribution is 2.36. The molecule has 0 aliphatic heterocycles. The Balaban J connectivity index is 1.53. The zero-order chi connectivity index (χ0) is 31.6. The van der Waals surface area contributed by atoms with Gasteiger partial charge in [-0.1, -0.05) is 48.0 Å². The fourth-order valence-corrected chi connectivity index (χ4v) is 4.87. The molecule has 4 aromatic carbocycles. The molecule has 0 saturated carbocycles. The average molecular weight is 626 g/mol. The van der Waals surface area contributed by atoms with E-state index in [4.69, 9.17) is 21.8 Å². The minimum atomic E-state index is -4.80. The van der Waals surface area contributed by atoms with Crippen molar-refractivity contribution in [3.05, 3.63) is 107 Å². The molecule has 1 atom stereocenters. The van der Waals surface area contributed by atoms with Crippen molar-refractivity contribution < 1.29 is 37.0 Å². The Morgan fingerprint density at radius 2 is 1.61 bits per heavy atom. The summed E-state index contributed by atoms with van der Waals surface area (Å²) < 4.78 is 58.0. The predicted molar refractivity (Wildman–Crippen MR) is 157 cm³/mol. The van der Waals surface area contributed by atoms with Crippen molar-refractivity contribution in [3.8, 4) is 28.1 Å². The van der Waals surface area contributed by atoms with Gasteiger partial charge >= 0.3 is 12.3 Å². The lowest BCUT2D eigenvalue weighted by atomic mass is 10.0. The van der Waals surface area contributed by atoms with Crippen LogP contribution in [0.25, 0.3) is 33.3 Å². The molecule has 12 heteroatoms. The summed E-state index contributed by atoms with van der Waals surface area (Å²) >= 11 is 5.91. The number of nitrogens with zero attached hydrogens (tertiary/aromatic N) is 2. The van der Waals surface area contributed by atoms with E-state index in [1.54, 1.807) is 41.1 Å². The highest BCUT2D eigenvalue weighted by Gasteiger charge is 2.31. The average Bonchev–Trinajstić information content (AvgIpc) is 3.36. The third-order valence-electron chi connectivity index (χ3n) is 6.97. The van der Waals surface area contributed by atoms with Gasteiger partial charge in [-0.3, -0.25) is 14.3 Å². The van der Waals surface area contributed by atoms with E-state index in [1.807, 2.05) is 19.1 Å². The van der Waals surface area contributed by atoms with E-state index < -0.39 is 24.1 Å². The number of carboxylic acid groups (broad SMARTS) is 1. The van der Waals surface area contributed by atoms with E-state index >= 15 is 0 Å². The monoisotopic (exact) mass is 625 g/mol. The summed E-state index contributed by atoms with van der Waals surface area (Å²) in [6.45, 7) is 1.90. The third-order valence-corrected chi connectivity index (χ3v) is 7.27. The second-order valence-electron chi connectivity index (χ2n) is 9.92. The highest BCUT2D eigenvalue weighted by atomic mass is 35.5. The van der Waals surface area contributed by atoms with Crippen LogP contribution >= 0.6 is 11.6 Å². The number of hydrogen-bond donors (Lipinski definition) is 2. The summed E-state index contributed by atoms with van der Waals surface area (Å²) in [6.07, 6.45) is -5.00. The van der Waals surface area contributed by atoms with Crippen LogP contribution in [0.4, 0.5) is 17.6 Å². The van der Waals surface area contributed by atoms with Gasteiger partial charge in [-0.2, -0.15) is 5.10 Å². The van der Waals surface area contributed by atoms with Crippen LogP contribution in [0.1, 0.15) is 35.3 Å². The third kappa shape index (κ3) is 6.84. The van der Waals surface area contributed by atoms with Gasteiger partial charge in [-0.05, 0) is 72.1 Å². The molecule has 0 aliphatic carbocycles. The Morgan fingerprint density at radius 1 is 0.955 bits per heavy atom. The molecule has 1 amide bonds. The minimum absolute atomic E-state index is 0.0000794. The first-order chi connectivity index (χ1) is 20.9. The van der Waals surface area contributed by atoms with Crippen molar-refractivity contribution in [1.29, 1.82) is 0 Å². The second kappa shape index (κ2) is 12.4. The van der Waals surface area contributed by atoms with E-state index in [0.29, 0.717) is 38.9 Å². The van der Waals surface area contributed by atoms with Crippen LogP contribution in [-0.2, 0) is 4.79 Å². The Morgan fingerprint density at radius 3 is 2.25 bits per heavy atom. The van der Waals surface area contributed by atoms with Gasteiger partial charge in [-0.25, -0.2) is 4.39 Å². The number of nitrogens with one attached hydrogen (secondary N) is 1. The lowest BCUT2D eigenvalue weighted by Crippen LogP contribution is -2.26. The molecular formula is C32H24ClF4N3O4. The first-order valence-corrected chi connectivity index (χ1v) is 13.7. The number of benzene rings is 4. The van der Waals surface area contributed by atoms with Crippen LogP contribution in [0, 0.1) is 5.82 Å².